The zero-order valence-corrected chi connectivity index (χ0v) is 16.3. The molecule has 0 saturated heterocycles. The topological polar surface area (TPSA) is 109 Å². The average molecular weight is 408 g/mol. The fraction of sp³-hybridized carbons (Fsp3) is 0.294. The van der Waals surface area contributed by atoms with Crippen molar-refractivity contribution in [1.29, 1.82) is 0 Å². The third-order valence-corrected chi connectivity index (χ3v) is 5.66. The van der Waals surface area contributed by atoms with Crippen molar-refractivity contribution in [3.8, 4) is 5.75 Å². The first-order valence-electron chi connectivity index (χ1n) is 8.31. The molecule has 3 aromatic rings. The Bertz CT molecular complexity index is 1130. The summed E-state index contributed by atoms with van der Waals surface area (Å²) in [5.74, 6) is 1.38. The van der Waals surface area contributed by atoms with Gasteiger partial charge in [0.1, 0.15) is 17.2 Å². The third kappa shape index (κ3) is 3.65. The van der Waals surface area contributed by atoms with Crippen LogP contribution in [0.15, 0.2) is 29.3 Å². The summed E-state index contributed by atoms with van der Waals surface area (Å²) in [4.78, 5) is 12.2. The van der Waals surface area contributed by atoms with E-state index < -0.39 is 9.84 Å². The number of rotatable bonds is 6. The van der Waals surface area contributed by atoms with E-state index in [0.29, 0.717) is 39.9 Å². The summed E-state index contributed by atoms with van der Waals surface area (Å²) in [6.45, 7) is 0. The summed E-state index contributed by atoms with van der Waals surface area (Å²) in [5.41, 5.74) is 1.16. The molecule has 0 aliphatic heterocycles. The number of fused-ring (bicyclic) bond motifs is 1. The molecule has 1 fully saturated rings. The summed E-state index contributed by atoms with van der Waals surface area (Å²) in [6.07, 6.45) is 5.01. The number of aromatic nitrogens is 3. The number of nitrogens with zero attached hydrogens (tertiary/aromatic N) is 2. The van der Waals surface area contributed by atoms with Crippen LogP contribution in [0.5, 0.6) is 5.75 Å². The second-order valence-electron chi connectivity index (χ2n) is 6.43. The summed E-state index contributed by atoms with van der Waals surface area (Å²) >= 11 is 6.25. The van der Waals surface area contributed by atoms with E-state index >= 15 is 0 Å². The maximum Gasteiger partial charge on any atom is 0.231 e. The van der Waals surface area contributed by atoms with Gasteiger partial charge in [-0.1, -0.05) is 11.6 Å². The summed E-state index contributed by atoms with van der Waals surface area (Å²) in [6, 6.07) is 4.99. The zero-order valence-electron chi connectivity index (χ0n) is 14.7. The molecule has 3 N–H and O–H groups in total. The second-order valence-corrected chi connectivity index (χ2v) is 8.86. The first-order valence-corrected chi connectivity index (χ1v) is 10.6. The van der Waals surface area contributed by atoms with Gasteiger partial charge in [0.05, 0.1) is 28.1 Å². The van der Waals surface area contributed by atoms with Crippen LogP contribution in [-0.4, -0.2) is 42.8 Å². The van der Waals surface area contributed by atoms with Gasteiger partial charge in [0.15, 0.2) is 9.84 Å². The maximum atomic E-state index is 11.7. The summed E-state index contributed by atoms with van der Waals surface area (Å²) < 4.78 is 28.8. The predicted octanol–water partition coefficient (Wildman–Crippen LogP) is 3.34. The number of ether oxygens (including phenoxy) is 1. The molecule has 0 spiro atoms. The molecular formula is C17H18ClN5O3S. The largest absolute Gasteiger partial charge is 0.495 e. The van der Waals surface area contributed by atoms with E-state index in [-0.39, 0.29) is 4.90 Å². The number of aromatic amines is 1. The lowest BCUT2D eigenvalue weighted by atomic mass is 10.3. The highest BCUT2D eigenvalue weighted by molar-refractivity contribution is 7.90. The van der Waals surface area contributed by atoms with Crippen LogP contribution < -0.4 is 15.4 Å². The molecule has 2 heterocycles. The van der Waals surface area contributed by atoms with Crippen LogP contribution >= 0.6 is 11.6 Å². The van der Waals surface area contributed by atoms with Gasteiger partial charge in [-0.05, 0) is 25.0 Å². The van der Waals surface area contributed by atoms with Gasteiger partial charge in [-0.25, -0.2) is 8.42 Å². The lowest BCUT2D eigenvalue weighted by Crippen LogP contribution is -2.07. The molecule has 0 bridgehead atoms. The smallest absolute Gasteiger partial charge is 0.231 e. The molecule has 1 aliphatic rings. The van der Waals surface area contributed by atoms with E-state index in [2.05, 4.69) is 25.6 Å². The number of benzene rings is 1. The van der Waals surface area contributed by atoms with Crippen molar-refractivity contribution in [3.05, 3.63) is 29.4 Å². The molecule has 4 rings (SSSR count). The maximum absolute atomic E-state index is 11.7. The standard InChI is InChI=1S/C17H18ClN5O3S/c1-26-13-7-10(27(2,24)25)5-6-12(13)21-17-22-15-14(11(18)8-19-15)16(23-17)20-9-3-4-9/h5-9H,3-4H2,1-2H3,(H3,19,20,21,22,23). The van der Waals surface area contributed by atoms with E-state index in [1.54, 1.807) is 12.3 Å². The Kier molecular flexibility index (Phi) is 4.35. The molecule has 0 unspecified atom stereocenters. The molecular weight excluding hydrogens is 390 g/mol. The van der Waals surface area contributed by atoms with Crippen LogP contribution in [-0.2, 0) is 9.84 Å². The van der Waals surface area contributed by atoms with Crippen LogP contribution in [0.2, 0.25) is 5.02 Å². The molecule has 1 saturated carbocycles. The van der Waals surface area contributed by atoms with Crippen LogP contribution in [0.3, 0.4) is 0 Å². The number of sulfone groups is 1. The lowest BCUT2D eigenvalue weighted by molar-refractivity contribution is 0.415. The van der Waals surface area contributed by atoms with Crippen LogP contribution in [0, 0.1) is 0 Å². The predicted molar refractivity (Wildman–Crippen MR) is 105 cm³/mol. The van der Waals surface area contributed by atoms with Gasteiger partial charge in [0.25, 0.3) is 0 Å². The van der Waals surface area contributed by atoms with E-state index in [1.807, 2.05) is 0 Å². The molecule has 10 heteroatoms. The van der Waals surface area contributed by atoms with Gasteiger partial charge >= 0.3 is 0 Å². The summed E-state index contributed by atoms with van der Waals surface area (Å²) in [5, 5.41) is 7.75. The van der Waals surface area contributed by atoms with Crippen molar-refractivity contribution in [2.45, 2.75) is 23.8 Å². The number of nitrogens with one attached hydrogen (secondary N) is 3. The number of anilines is 3. The van der Waals surface area contributed by atoms with Gasteiger partial charge in [0.2, 0.25) is 5.95 Å². The number of methoxy groups -OCH3 is 1. The Labute approximate surface area is 161 Å². The molecule has 0 amide bonds. The molecule has 1 aliphatic carbocycles. The molecule has 8 nitrogen and oxygen atoms in total. The molecule has 0 radical (unpaired) electrons. The third-order valence-electron chi connectivity index (χ3n) is 4.25. The number of halogens is 1. The highest BCUT2D eigenvalue weighted by Crippen LogP contribution is 2.34. The van der Waals surface area contributed by atoms with E-state index in [1.165, 1.54) is 19.2 Å². The van der Waals surface area contributed by atoms with E-state index in [0.717, 1.165) is 24.5 Å². The Morgan fingerprint density at radius 2 is 2.07 bits per heavy atom. The molecule has 27 heavy (non-hydrogen) atoms. The van der Waals surface area contributed by atoms with Crippen molar-refractivity contribution >= 4 is 49.9 Å². The van der Waals surface area contributed by atoms with Crippen molar-refractivity contribution in [1.82, 2.24) is 15.0 Å². The van der Waals surface area contributed by atoms with Gasteiger partial charge in [-0.3, -0.25) is 0 Å². The molecule has 1 aromatic carbocycles. The minimum absolute atomic E-state index is 0.175. The van der Waals surface area contributed by atoms with Crippen LogP contribution in [0.25, 0.3) is 11.0 Å². The lowest BCUT2D eigenvalue weighted by Gasteiger charge is -2.13. The minimum Gasteiger partial charge on any atom is -0.495 e. The van der Waals surface area contributed by atoms with Gasteiger partial charge in [0, 0.05) is 24.6 Å². The van der Waals surface area contributed by atoms with Crippen molar-refractivity contribution in [2.75, 3.05) is 24.0 Å². The number of hydrogen-bond acceptors (Lipinski definition) is 7. The summed E-state index contributed by atoms with van der Waals surface area (Å²) in [7, 11) is -1.86. The van der Waals surface area contributed by atoms with Crippen molar-refractivity contribution in [2.24, 2.45) is 0 Å². The zero-order chi connectivity index (χ0) is 19.2. The fourth-order valence-corrected chi connectivity index (χ4v) is 3.57. The van der Waals surface area contributed by atoms with E-state index in [4.69, 9.17) is 16.3 Å². The Hall–Kier alpha value is -2.52. The average Bonchev–Trinajstić information content (AvgIpc) is 3.35. The number of H-pyrrole nitrogens is 1. The van der Waals surface area contributed by atoms with Crippen LogP contribution in [0.4, 0.5) is 17.5 Å². The highest BCUT2D eigenvalue weighted by atomic mass is 35.5. The first kappa shape index (κ1) is 17.9. The fourth-order valence-electron chi connectivity index (χ4n) is 2.70. The van der Waals surface area contributed by atoms with Crippen LogP contribution in [0.1, 0.15) is 12.8 Å². The van der Waals surface area contributed by atoms with E-state index in [9.17, 15) is 8.42 Å². The molecule has 142 valence electrons. The minimum atomic E-state index is -3.33. The molecule has 2 aromatic heterocycles. The van der Waals surface area contributed by atoms with Gasteiger partial charge < -0.3 is 20.4 Å². The Morgan fingerprint density at radius 3 is 2.74 bits per heavy atom. The van der Waals surface area contributed by atoms with Gasteiger partial charge in [-0.2, -0.15) is 9.97 Å². The quantitative estimate of drug-likeness (QED) is 0.574. The Morgan fingerprint density at radius 1 is 1.30 bits per heavy atom. The SMILES string of the molecule is COc1cc(S(C)(=O)=O)ccc1Nc1nc(NC2CC2)c2c(Cl)c[nH]c2n1. The van der Waals surface area contributed by atoms with Gasteiger partial charge in [-0.15, -0.1) is 0 Å². The second kappa shape index (κ2) is 6.58. The number of hydrogen-bond donors (Lipinski definition) is 3. The first-order chi connectivity index (χ1) is 12.8. The Balaban J connectivity index is 1.73. The van der Waals surface area contributed by atoms with Crippen molar-refractivity contribution < 1.29 is 13.2 Å². The highest BCUT2D eigenvalue weighted by Gasteiger charge is 2.24. The molecule has 0 atom stereocenters. The van der Waals surface area contributed by atoms with Crippen molar-refractivity contribution in [3.63, 3.8) is 0 Å². The monoisotopic (exact) mass is 407 g/mol. The normalized spacial score (nSPS) is 14.3.